The minimum atomic E-state index is -4.75. The molecule has 9 rings (SSSR count). The maximum Gasteiger partial charge on any atom is 0.320 e. The first-order valence-corrected chi connectivity index (χ1v) is 28.2. The van der Waals surface area contributed by atoms with Crippen LogP contribution in [-0.4, -0.2) is 131 Å². The van der Waals surface area contributed by atoms with E-state index in [2.05, 4.69) is 72.9 Å². The largest absolute Gasteiger partial charge is 0.475 e. The maximum atomic E-state index is 15.0. The smallest absolute Gasteiger partial charge is 0.320 e. The highest BCUT2D eigenvalue weighted by molar-refractivity contribution is 7.90. The average Bonchev–Trinajstić information content (AvgIpc) is 3.78. The van der Waals surface area contributed by atoms with Gasteiger partial charge in [-0.25, -0.2) is 27.3 Å². The fourth-order valence-corrected chi connectivity index (χ4v) is 12.7. The molecule has 21 heteroatoms. The number of benzene rings is 2. The van der Waals surface area contributed by atoms with Gasteiger partial charge in [-0.15, -0.1) is 0 Å². The highest BCUT2D eigenvalue weighted by atomic mass is 32.2. The van der Waals surface area contributed by atoms with E-state index in [1.54, 1.807) is 26.0 Å². The van der Waals surface area contributed by atoms with Crippen LogP contribution in [0.5, 0.6) is 17.4 Å². The summed E-state index contributed by atoms with van der Waals surface area (Å²) in [5.74, 6) is -1.43. The summed E-state index contributed by atoms with van der Waals surface area (Å²) in [4.78, 5) is 58.9. The Bertz CT molecular complexity index is 3050. The van der Waals surface area contributed by atoms with Gasteiger partial charge in [-0.3, -0.25) is 19.8 Å². The number of piperidine rings is 1. The second-order valence-electron chi connectivity index (χ2n) is 21.6. The molecule has 2 saturated heterocycles. The molecule has 19 nitrogen and oxygen atoms in total. The summed E-state index contributed by atoms with van der Waals surface area (Å²) in [6, 6.07) is 16.2. The van der Waals surface area contributed by atoms with E-state index in [1.165, 1.54) is 23.3 Å². The number of hydrogen-bond donors (Lipinski definition) is 4. The van der Waals surface area contributed by atoms with Gasteiger partial charge < -0.3 is 39.6 Å². The normalized spacial score (nSPS) is 21.1. The molecule has 0 bridgehead atoms. The third kappa shape index (κ3) is 11.4. The minimum absolute atomic E-state index is 0.00923. The van der Waals surface area contributed by atoms with Crippen molar-refractivity contribution in [1.82, 2.24) is 34.4 Å². The van der Waals surface area contributed by atoms with Crippen LogP contribution in [0.1, 0.15) is 126 Å². The number of urea groups is 1. The van der Waals surface area contributed by atoms with Gasteiger partial charge in [-0.05, 0) is 120 Å². The standard InChI is InChI=1S/C55H71FN10O9S/c1-7-62(8-2)53(68)64-24-25-65(46(34-64)41-13-11-10-12-40(41)35(4)5)38-29-55(30-38)20-22-63(23-21-55)37-14-15-42(47(26-37)75-48-28-43-44(56)33-59-49(43)60-52(48)74-9-3)51(67)61-76(72,73)39-27-45(66(70)71)50(58-32-39)57-31-36-16-18-54(6,69)19-17-36/h10-15,26-28,32-33,35-36,38,46,69H,7-9,16-25,29-31,34H2,1-6H3,(H,57,58)(H,59,60)(H,61,67)/t36?,46-,54?/m0/s1. The van der Waals surface area contributed by atoms with Crippen molar-refractivity contribution in [2.24, 2.45) is 11.3 Å². The molecule has 4 N–H and O–H groups in total. The van der Waals surface area contributed by atoms with Crippen molar-refractivity contribution < 1.29 is 41.9 Å². The molecule has 2 aromatic carbocycles. The van der Waals surface area contributed by atoms with Crippen LogP contribution in [0.15, 0.2) is 71.9 Å². The minimum Gasteiger partial charge on any atom is -0.475 e. The molecule has 408 valence electrons. The maximum absolute atomic E-state index is 15.0. The van der Waals surface area contributed by atoms with Crippen LogP contribution in [0.2, 0.25) is 0 Å². The summed E-state index contributed by atoms with van der Waals surface area (Å²) < 4.78 is 57.1. The number of halogens is 1. The van der Waals surface area contributed by atoms with Crippen LogP contribution in [-0.2, 0) is 10.0 Å². The molecular weight excluding hydrogens is 996 g/mol. The van der Waals surface area contributed by atoms with E-state index in [0.29, 0.717) is 89.1 Å². The second-order valence-corrected chi connectivity index (χ2v) is 23.3. The molecule has 0 unspecified atom stereocenters. The lowest BCUT2D eigenvalue weighted by molar-refractivity contribution is -0.384. The van der Waals surface area contributed by atoms with E-state index in [4.69, 9.17) is 9.47 Å². The molecule has 3 amide bonds. The molecule has 1 spiro atoms. The van der Waals surface area contributed by atoms with Crippen molar-refractivity contribution in [2.75, 3.05) is 69.2 Å². The number of aromatic nitrogens is 3. The van der Waals surface area contributed by atoms with Crippen LogP contribution >= 0.6 is 0 Å². The molecule has 3 aromatic heterocycles. The lowest BCUT2D eigenvalue weighted by Gasteiger charge is -2.58. The van der Waals surface area contributed by atoms with Crippen molar-refractivity contribution >= 4 is 50.2 Å². The summed E-state index contributed by atoms with van der Waals surface area (Å²) in [5, 5.41) is 25.7. The monoisotopic (exact) mass is 1070 g/mol. The Balaban J connectivity index is 0.936. The Hall–Kier alpha value is -6.58. The summed E-state index contributed by atoms with van der Waals surface area (Å²) in [7, 11) is -4.75. The number of ether oxygens (including phenoxy) is 2. The molecule has 0 radical (unpaired) electrons. The second kappa shape index (κ2) is 22.2. The molecule has 4 aliphatic rings. The number of anilines is 2. The molecule has 2 aliphatic heterocycles. The van der Waals surface area contributed by atoms with E-state index in [0.717, 1.165) is 50.7 Å². The predicted octanol–water partition coefficient (Wildman–Crippen LogP) is 9.36. The number of piperazine rings is 1. The Morgan fingerprint density at radius 1 is 1.00 bits per heavy atom. The number of pyridine rings is 2. The van der Waals surface area contributed by atoms with Crippen LogP contribution in [0.25, 0.3) is 11.0 Å². The van der Waals surface area contributed by atoms with E-state index < -0.39 is 42.9 Å². The Morgan fingerprint density at radius 3 is 2.41 bits per heavy atom. The van der Waals surface area contributed by atoms with Gasteiger partial charge in [-0.2, -0.15) is 4.98 Å². The number of aromatic amines is 1. The van der Waals surface area contributed by atoms with Gasteiger partial charge in [0.15, 0.2) is 5.75 Å². The highest BCUT2D eigenvalue weighted by Crippen LogP contribution is 2.53. The Labute approximate surface area is 443 Å². The zero-order valence-corrected chi connectivity index (χ0v) is 45.1. The number of nitrogens with one attached hydrogen (secondary N) is 3. The third-order valence-corrected chi connectivity index (χ3v) is 17.6. The number of amides is 3. The lowest BCUT2D eigenvalue weighted by Crippen LogP contribution is -2.61. The number of nitrogens with zero attached hydrogens (tertiary/aromatic N) is 7. The summed E-state index contributed by atoms with van der Waals surface area (Å²) in [6.45, 7) is 17.4. The highest BCUT2D eigenvalue weighted by Gasteiger charge is 2.50. The molecule has 2 aliphatic carbocycles. The van der Waals surface area contributed by atoms with Gasteiger partial charge in [0.05, 0.1) is 40.3 Å². The van der Waals surface area contributed by atoms with Gasteiger partial charge in [0.2, 0.25) is 5.82 Å². The molecule has 5 aromatic rings. The van der Waals surface area contributed by atoms with Gasteiger partial charge in [0, 0.05) is 88.5 Å². The molecule has 4 fully saturated rings. The predicted molar refractivity (Wildman–Crippen MR) is 287 cm³/mol. The molecule has 1 atom stereocenters. The first-order chi connectivity index (χ1) is 36.3. The lowest BCUT2D eigenvalue weighted by atomic mass is 9.59. The topological polar surface area (TPSA) is 229 Å². The fourth-order valence-electron chi connectivity index (χ4n) is 11.8. The number of rotatable bonds is 17. The van der Waals surface area contributed by atoms with Gasteiger partial charge >= 0.3 is 11.7 Å². The number of aliphatic hydroxyl groups is 1. The first-order valence-electron chi connectivity index (χ1n) is 26.7. The van der Waals surface area contributed by atoms with Crippen molar-refractivity contribution in [1.29, 1.82) is 0 Å². The number of H-pyrrole nitrogens is 1. The Kier molecular flexibility index (Phi) is 15.8. The summed E-state index contributed by atoms with van der Waals surface area (Å²) in [5.41, 5.74) is 2.09. The van der Waals surface area contributed by atoms with Crippen molar-refractivity contribution in [3.63, 3.8) is 0 Å². The van der Waals surface area contributed by atoms with Crippen molar-refractivity contribution in [2.45, 2.75) is 121 Å². The number of carbonyl (C=O) groups excluding carboxylic acids is 2. The van der Waals surface area contributed by atoms with E-state index >= 15 is 0 Å². The van der Waals surface area contributed by atoms with Crippen molar-refractivity contribution in [3.8, 4) is 17.4 Å². The zero-order chi connectivity index (χ0) is 54.1. The molecule has 76 heavy (non-hydrogen) atoms. The summed E-state index contributed by atoms with van der Waals surface area (Å²) >= 11 is 0. The number of sulfonamides is 1. The number of fused-ring (bicyclic) bond motifs is 1. The van der Waals surface area contributed by atoms with Gasteiger partial charge in [-0.1, -0.05) is 38.1 Å². The van der Waals surface area contributed by atoms with Gasteiger partial charge in [0.25, 0.3) is 21.8 Å². The fraction of sp³-hybridized carbons (Fsp3) is 0.527. The number of nitro groups is 1. The Morgan fingerprint density at radius 2 is 1.72 bits per heavy atom. The van der Waals surface area contributed by atoms with E-state index in [9.17, 15) is 37.6 Å². The SMILES string of the molecule is CCOc1nc2[nH]cc(F)c2cc1Oc1cc(N2CCC3(CC2)CC(N2CCN(C(=O)N(CC)CC)C[C@H]2c2ccccc2C(C)C)C3)ccc1C(=O)NS(=O)(=O)c1cnc(NCC2CCC(C)(O)CC2)c([N+](=O)[O-])c1. The van der Waals surface area contributed by atoms with E-state index in [1.807, 2.05) is 23.6 Å². The quantitative estimate of drug-likeness (QED) is 0.0503. The number of carbonyl (C=O) groups is 2. The van der Waals surface area contributed by atoms with Crippen LogP contribution in [0.3, 0.4) is 0 Å². The first kappa shape index (κ1) is 54.2. The van der Waals surface area contributed by atoms with Crippen molar-refractivity contribution in [3.05, 3.63) is 99.6 Å². The molecule has 5 heterocycles. The van der Waals surface area contributed by atoms with Crippen LogP contribution < -0.4 is 24.4 Å². The number of hydrogen-bond acceptors (Lipinski definition) is 14. The summed E-state index contributed by atoms with van der Waals surface area (Å²) in [6.07, 6.45) is 8.57. The average molecular weight is 1070 g/mol. The van der Waals surface area contributed by atoms with Crippen LogP contribution in [0, 0.1) is 27.3 Å². The third-order valence-electron chi connectivity index (χ3n) is 16.3. The van der Waals surface area contributed by atoms with Gasteiger partial charge in [0.1, 0.15) is 22.1 Å². The molecule has 2 saturated carbocycles. The van der Waals surface area contributed by atoms with E-state index in [-0.39, 0.29) is 69.8 Å². The van der Waals surface area contributed by atoms with Crippen LogP contribution in [0.4, 0.5) is 26.4 Å². The molecular formula is C55H71FN10O9S. The zero-order valence-electron chi connectivity index (χ0n) is 44.3.